The van der Waals surface area contributed by atoms with E-state index in [1.54, 1.807) is 12.1 Å². The van der Waals surface area contributed by atoms with Crippen molar-refractivity contribution >= 4 is 16.7 Å². The second kappa shape index (κ2) is 5.48. The maximum Gasteiger partial charge on any atom is 0.211 e. The monoisotopic (exact) mass is 239 g/mol. The minimum Gasteiger partial charge on any atom is -0.289 e. The zero-order valence-corrected chi connectivity index (χ0v) is 10.1. The highest BCUT2D eigenvalue weighted by atomic mass is 32.2. The van der Waals surface area contributed by atoms with Crippen LogP contribution in [0.5, 0.6) is 0 Å². The van der Waals surface area contributed by atoms with E-state index in [2.05, 4.69) is 0 Å². The molecule has 1 fully saturated rings. The van der Waals surface area contributed by atoms with Crippen LogP contribution in [0.2, 0.25) is 0 Å². The van der Waals surface area contributed by atoms with Crippen molar-refractivity contribution in [1.29, 1.82) is 0 Å². The number of carbonyl (C=O) groups is 1. The van der Waals surface area contributed by atoms with Crippen molar-refractivity contribution in [2.45, 2.75) is 19.3 Å². The Balaban J connectivity index is 1.97. The Labute approximate surface area is 98.4 Å². The largest absolute Gasteiger partial charge is 0.289 e. The zero-order valence-electron chi connectivity index (χ0n) is 9.25. The van der Waals surface area contributed by atoms with Crippen LogP contribution < -0.4 is 0 Å². The number of rotatable bonds is 3. The molecule has 0 radical (unpaired) electrons. The molecule has 0 amide bonds. The number of halogens is 1. The molecule has 0 bridgehead atoms. The van der Waals surface area contributed by atoms with Gasteiger partial charge < -0.3 is 0 Å². The molecule has 1 aromatic rings. The molecule has 0 N–H and O–H groups in total. The van der Waals surface area contributed by atoms with Gasteiger partial charge in [-0.05, 0) is 42.3 Å². The number of Topliss-reactive ketones (excluding diaryl/α,β-unsaturated/α-hetero) is 1. The van der Waals surface area contributed by atoms with Crippen LogP contribution >= 0.6 is 0 Å². The minimum absolute atomic E-state index is 0.102. The van der Waals surface area contributed by atoms with Gasteiger partial charge in [0.05, 0.1) is 0 Å². The van der Waals surface area contributed by atoms with Gasteiger partial charge in [0.2, 0.25) is 5.78 Å². The molecule has 86 valence electrons. The third kappa shape index (κ3) is 3.08. The molecule has 1 saturated heterocycles. The molecule has 1 nitrogen and oxygen atoms in total. The van der Waals surface area contributed by atoms with Crippen LogP contribution in [0.25, 0.3) is 0 Å². The van der Waals surface area contributed by atoms with E-state index < -0.39 is 0 Å². The quantitative estimate of drug-likeness (QED) is 0.585. The lowest BCUT2D eigenvalue weighted by atomic mass is 10.1. The molecule has 1 aromatic carbocycles. The summed E-state index contributed by atoms with van der Waals surface area (Å²) >= 11 is 0. The Hall–Kier alpha value is -0.830. The van der Waals surface area contributed by atoms with Gasteiger partial charge >= 0.3 is 0 Å². The normalized spacial score (nSPS) is 17.3. The number of hydrogen-bond acceptors (Lipinski definition) is 1. The first-order chi connectivity index (χ1) is 7.75. The first-order valence-corrected chi connectivity index (χ1v) is 7.42. The van der Waals surface area contributed by atoms with Crippen molar-refractivity contribution in [3.05, 3.63) is 35.6 Å². The van der Waals surface area contributed by atoms with Crippen LogP contribution in [-0.2, 0) is 10.9 Å². The Bertz CT molecular complexity index is 372. The molecule has 2 rings (SSSR count). The van der Waals surface area contributed by atoms with E-state index in [-0.39, 0.29) is 22.5 Å². The van der Waals surface area contributed by atoms with Gasteiger partial charge in [-0.2, -0.15) is 0 Å². The maximum absolute atomic E-state index is 13.0. The summed E-state index contributed by atoms with van der Waals surface area (Å²) in [5.74, 6) is 2.76. The van der Waals surface area contributed by atoms with Crippen LogP contribution in [0, 0.1) is 5.82 Å². The van der Waals surface area contributed by atoms with Gasteiger partial charge in [0.25, 0.3) is 0 Å². The number of carbonyl (C=O) groups excluding carboxylic acids is 1. The molecule has 16 heavy (non-hydrogen) atoms. The topological polar surface area (TPSA) is 17.1 Å². The summed E-state index contributed by atoms with van der Waals surface area (Å²) in [6.45, 7) is 0. The van der Waals surface area contributed by atoms with Crippen LogP contribution in [0.1, 0.15) is 29.6 Å². The third-order valence-corrected chi connectivity index (χ3v) is 5.25. The van der Waals surface area contributed by atoms with Crippen LogP contribution in [0.3, 0.4) is 0 Å². The van der Waals surface area contributed by atoms with Crippen LogP contribution in [0.15, 0.2) is 24.3 Å². The second-order valence-corrected chi connectivity index (χ2v) is 6.49. The average molecular weight is 239 g/mol. The molecule has 0 aromatic heterocycles. The SMILES string of the molecule is O=C(C[S+]1CCCCC1)c1cccc(F)c1. The first kappa shape index (κ1) is 11.6. The van der Waals surface area contributed by atoms with E-state index >= 15 is 0 Å². The fraction of sp³-hybridized carbons (Fsp3) is 0.462. The molecule has 0 aliphatic carbocycles. The fourth-order valence-corrected chi connectivity index (χ4v) is 4.22. The average Bonchev–Trinajstić information content (AvgIpc) is 2.30. The predicted molar refractivity (Wildman–Crippen MR) is 66.5 cm³/mol. The van der Waals surface area contributed by atoms with Crippen molar-refractivity contribution in [2.75, 3.05) is 17.3 Å². The summed E-state index contributed by atoms with van der Waals surface area (Å²) in [5.41, 5.74) is 0.526. The molecule has 1 aliphatic rings. The number of ketones is 1. The van der Waals surface area contributed by atoms with E-state index in [9.17, 15) is 9.18 Å². The lowest BCUT2D eigenvalue weighted by Gasteiger charge is -2.12. The van der Waals surface area contributed by atoms with Gasteiger partial charge in [0.1, 0.15) is 17.3 Å². The van der Waals surface area contributed by atoms with E-state index in [1.807, 2.05) is 0 Å². The summed E-state index contributed by atoms with van der Waals surface area (Å²) in [5, 5.41) is 0. The van der Waals surface area contributed by atoms with Crippen molar-refractivity contribution in [1.82, 2.24) is 0 Å². The summed E-state index contributed by atoms with van der Waals surface area (Å²) in [7, 11) is 0.246. The highest BCUT2D eigenvalue weighted by Crippen LogP contribution is 2.15. The van der Waals surface area contributed by atoms with Crippen molar-refractivity contribution in [2.24, 2.45) is 0 Å². The van der Waals surface area contributed by atoms with Gasteiger partial charge in [-0.25, -0.2) is 4.39 Å². The minimum atomic E-state index is -0.321. The summed E-state index contributed by atoms with van der Waals surface area (Å²) < 4.78 is 13.0. The standard InChI is InChI=1S/C13H16FOS/c14-12-6-4-5-11(9-12)13(15)10-16-7-2-1-3-8-16/h4-6,9H,1-3,7-8,10H2/q+1. The highest BCUT2D eigenvalue weighted by molar-refractivity contribution is 7.97. The maximum atomic E-state index is 13.0. The van der Waals surface area contributed by atoms with Crippen LogP contribution in [0.4, 0.5) is 4.39 Å². The van der Waals surface area contributed by atoms with Crippen molar-refractivity contribution in [3.63, 3.8) is 0 Å². The Morgan fingerprint density at radius 2 is 2.00 bits per heavy atom. The van der Waals surface area contributed by atoms with E-state index in [4.69, 9.17) is 0 Å². The van der Waals surface area contributed by atoms with E-state index in [1.165, 1.54) is 42.9 Å². The Morgan fingerprint density at radius 1 is 1.25 bits per heavy atom. The summed E-state index contributed by atoms with van der Waals surface area (Å²) in [4.78, 5) is 11.9. The van der Waals surface area contributed by atoms with Gasteiger partial charge in [-0.1, -0.05) is 12.1 Å². The molecule has 0 atom stereocenters. The highest BCUT2D eigenvalue weighted by Gasteiger charge is 2.25. The molecular formula is C13H16FOS+. The van der Waals surface area contributed by atoms with Crippen LogP contribution in [-0.4, -0.2) is 23.0 Å². The summed E-state index contributed by atoms with van der Waals surface area (Å²) in [6, 6.07) is 6.03. The smallest absolute Gasteiger partial charge is 0.211 e. The molecule has 1 aliphatic heterocycles. The Kier molecular flexibility index (Phi) is 3.99. The fourth-order valence-electron chi connectivity index (χ4n) is 1.97. The number of benzene rings is 1. The lowest BCUT2D eigenvalue weighted by Crippen LogP contribution is -2.25. The van der Waals surface area contributed by atoms with Gasteiger partial charge in [-0.3, -0.25) is 4.79 Å². The molecule has 3 heteroatoms. The van der Waals surface area contributed by atoms with Crippen molar-refractivity contribution < 1.29 is 9.18 Å². The number of hydrogen-bond donors (Lipinski definition) is 0. The lowest BCUT2D eigenvalue weighted by molar-refractivity contribution is 0.102. The molecule has 0 unspecified atom stereocenters. The van der Waals surface area contributed by atoms with E-state index in [0.29, 0.717) is 11.3 Å². The molecular weight excluding hydrogens is 223 g/mol. The third-order valence-electron chi connectivity index (χ3n) is 2.85. The second-order valence-electron chi connectivity index (χ2n) is 4.16. The molecule has 0 saturated carbocycles. The molecule has 1 heterocycles. The predicted octanol–water partition coefficient (Wildman–Crippen LogP) is 2.81. The van der Waals surface area contributed by atoms with Gasteiger partial charge in [0.15, 0.2) is 5.75 Å². The molecule has 0 spiro atoms. The van der Waals surface area contributed by atoms with Gasteiger partial charge in [-0.15, -0.1) is 0 Å². The zero-order chi connectivity index (χ0) is 11.4. The summed E-state index contributed by atoms with van der Waals surface area (Å²) in [6.07, 6.45) is 3.80. The Morgan fingerprint density at radius 3 is 2.69 bits per heavy atom. The van der Waals surface area contributed by atoms with Crippen molar-refractivity contribution in [3.8, 4) is 0 Å². The van der Waals surface area contributed by atoms with E-state index in [0.717, 1.165) is 0 Å². The first-order valence-electron chi connectivity index (χ1n) is 5.68. The van der Waals surface area contributed by atoms with Gasteiger partial charge in [0, 0.05) is 5.56 Å².